The van der Waals surface area contributed by atoms with Gasteiger partial charge in [-0.05, 0) is 6.42 Å². The maximum Gasteiger partial charge on any atom is 0.309 e. The lowest BCUT2D eigenvalue weighted by Crippen LogP contribution is -2.21. The molecular weight excluding hydrogens is 296 g/mol. The Labute approximate surface area is 117 Å². The van der Waals surface area contributed by atoms with Crippen LogP contribution in [0, 0.1) is 5.92 Å². The molecule has 0 radical (unpaired) electrons. The monoisotopic (exact) mass is 316 g/mol. The van der Waals surface area contributed by atoms with Gasteiger partial charge in [-0.2, -0.15) is 20.2 Å². The molecule has 0 aromatic rings. The molecule has 0 saturated carbocycles. The Kier molecular flexibility index (Phi) is 9.36. The van der Waals surface area contributed by atoms with Gasteiger partial charge in [0.1, 0.15) is 0 Å². The van der Waals surface area contributed by atoms with E-state index in [0.717, 1.165) is 0 Å². The van der Waals surface area contributed by atoms with Gasteiger partial charge in [-0.1, -0.05) is 6.92 Å². The van der Waals surface area contributed by atoms with E-state index in [-0.39, 0.29) is 25.6 Å². The topological polar surface area (TPSA) is 121 Å². The van der Waals surface area contributed by atoms with Crippen molar-refractivity contribution in [2.75, 3.05) is 30.5 Å². The first-order valence-electron chi connectivity index (χ1n) is 5.74. The van der Waals surface area contributed by atoms with Crippen LogP contribution in [-0.4, -0.2) is 65.7 Å². The highest BCUT2D eigenvalue weighted by Gasteiger charge is 2.15. The molecule has 0 fully saturated rings. The SMILES string of the molecule is CC(CSCC(O)CO)C(=O)OCCCS(=O)(=O)O. The van der Waals surface area contributed by atoms with E-state index in [1.165, 1.54) is 11.8 Å². The molecule has 114 valence electrons. The van der Waals surface area contributed by atoms with E-state index in [9.17, 15) is 13.2 Å². The van der Waals surface area contributed by atoms with Gasteiger partial charge in [-0.3, -0.25) is 9.35 Å². The van der Waals surface area contributed by atoms with E-state index in [1.807, 2.05) is 0 Å². The molecule has 0 aliphatic carbocycles. The van der Waals surface area contributed by atoms with Crippen LogP contribution in [0.15, 0.2) is 0 Å². The quantitative estimate of drug-likeness (QED) is 0.281. The third-order valence-electron chi connectivity index (χ3n) is 2.08. The second-order valence-corrected chi connectivity index (χ2v) is 6.73. The van der Waals surface area contributed by atoms with Gasteiger partial charge in [0.25, 0.3) is 10.1 Å². The van der Waals surface area contributed by atoms with Crippen molar-refractivity contribution >= 4 is 27.8 Å². The van der Waals surface area contributed by atoms with Crippen molar-refractivity contribution < 1.29 is 32.7 Å². The summed E-state index contributed by atoms with van der Waals surface area (Å²) in [6.45, 7) is 1.28. The second kappa shape index (κ2) is 9.54. The molecular formula is C10H20O7S2. The van der Waals surface area contributed by atoms with Gasteiger partial charge < -0.3 is 14.9 Å². The molecule has 19 heavy (non-hydrogen) atoms. The third kappa shape index (κ3) is 11.2. The largest absolute Gasteiger partial charge is 0.465 e. The summed E-state index contributed by atoms with van der Waals surface area (Å²) in [6, 6.07) is 0. The summed E-state index contributed by atoms with van der Waals surface area (Å²) >= 11 is 1.32. The van der Waals surface area contributed by atoms with Crippen molar-refractivity contribution in [2.24, 2.45) is 5.92 Å². The molecule has 0 rings (SSSR count). The lowest BCUT2D eigenvalue weighted by Gasteiger charge is -2.12. The summed E-state index contributed by atoms with van der Waals surface area (Å²) in [7, 11) is -4.02. The first kappa shape index (κ1) is 18.7. The lowest BCUT2D eigenvalue weighted by molar-refractivity contribution is -0.147. The zero-order chi connectivity index (χ0) is 14.9. The first-order valence-corrected chi connectivity index (χ1v) is 8.51. The maximum atomic E-state index is 11.5. The van der Waals surface area contributed by atoms with Gasteiger partial charge in [-0.15, -0.1) is 0 Å². The second-order valence-electron chi connectivity index (χ2n) is 4.08. The molecule has 0 aliphatic heterocycles. The average Bonchev–Trinajstić information content (AvgIpc) is 2.32. The minimum atomic E-state index is -4.02. The summed E-state index contributed by atoms with van der Waals surface area (Å²) in [6.07, 6.45) is -0.754. The predicted octanol–water partition coefficient (Wildman–Crippen LogP) is -0.470. The maximum absolute atomic E-state index is 11.5. The molecule has 9 heteroatoms. The fourth-order valence-electron chi connectivity index (χ4n) is 1.06. The van der Waals surface area contributed by atoms with Gasteiger partial charge in [0.15, 0.2) is 0 Å². The summed E-state index contributed by atoms with van der Waals surface area (Å²) in [5.74, 6) is -0.514. The molecule has 0 aromatic carbocycles. The van der Waals surface area contributed by atoms with Gasteiger partial charge in [-0.25, -0.2) is 0 Å². The van der Waals surface area contributed by atoms with Gasteiger partial charge >= 0.3 is 5.97 Å². The third-order valence-corrected chi connectivity index (χ3v) is 4.24. The molecule has 0 aromatic heterocycles. The summed E-state index contributed by atoms with van der Waals surface area (Å²) in [5, 5.41) is 17.7. The summed E-state index contributed by atoms with van der Waals surface area (Å²) in [4.78, 5) is 11.5. The number of hydrogen-bond donors (Lipinski definition) is 3. The summed E-state index contributed by atoms with van der Waals surface area (Å²) < 4.78 is 34.1. The number of esters is 1. The fraction of sp³-hybridized carbons (Fsp3) is 0.900. The van der Waals surface area contributed by atoms with Crippen molar-refractivity contribution in [3.05, 3.63) is 0 Å². The smallest absolute Gasteiger partial charge is 0.309 e. The van der Waals surface area contributed by atoms with E-state index < -0.39 is 27.9 Å². The Balaban J connectivity index is 3.70. The van der Waals surface area contributed by atoms with Crippen LogP contribution in [0.4, 0.5) is 0 Å². The molecule has 2 unspecified atom stereocenters. The molecule has 0 spiro atoms. The Morgan fingerprint density at radius 2 is 2.00 bits per heavy atom. The van der Waals surface area contributed by atoms with E-state index in [1.54, 1.807) is 6.92 Å². The molecule has 2 atom stereocenters. The van der Waals surface area contributed by atoms with Gasteiger partial charge in [0.05, 0.1) is 31.0 Å². The number of carbonyl (C=O) groups is 1. The van der Waals surface area contributed by atoms with Crippen LogP contribution < -0.4 is 0 Å². The fourth-order valence-corrected chi connectivity index (χ4v) is 2.54. The molecule has 0 heterocycles. The minimum Gasteiger partial charge on any atom is -0.465 e. The standard InChI is InChI=1S/C10H20O7S2/c1-8(6-18-7-9(12)5-11)10(13)17-3-2-4-19(14,15)16/h8-9,11-12H,2-7H2,1H3,(H,14,15,16). The van der Waals surface area contributed by atoms with Gasteiger partial charge in [0.2, 0.25) is 0 Å². The normalized spacial score (nSPS) is 14.9. The number of rotatable bonds is 10. The van der Waals surface area contributed by atoms with Crippen LogP contribution >= 0.6 is 11.8 Å². The zero-order valence-corrected chi connectivity index (χ0v) is 12.3. The highest BCUT2D eigenvalue weighted by Crippen LogP contribution is 2.11. The van der Waals surface area contributed by atoms with Crippen molar-refractivity contribution in [3.8, 4) is 0 Å². The van der Waals surface area contributed by atoms with E-state index >= 15 is 0 Å². The molecule has 3 N–H and O–H groups in total. The molecule has 0 saturated heterocycles. The van der Waals surface area contributed by atoms with Crippen LogP contribution in [0.2, 0.25) is 0 Å². The van der Waals surface area contributed by atoms with Crippen LogP contribution in [0.25, 0.3) is 0 Å². The number of aliphatic hydroxyl groups is 2. The number of carbonyl (C=O) groups excluding carboxylic acids is 1. The van der Waals surface area contributed by atoms with E-state index in [0.29, 0.717) is 11.5 Å². The molecule has 0 amide bonds. The number of thioether (sulfide) groups is 1. The van der Waals surface area contributed by atoms with Crippen molar-refractivity contribution in [1.82, 2.24) is 0 Å². The molecule has 0 aliphatic rings. The average molecular weight is 316 g/mol. The Morgan fingerprint density at radius 3 is 2.53 bits per heavy atom. The van der Waals surface area contributed by atoms with Crippen molar-refractivity contribution in [2.45, 2.75) is 19.4 Å². The van der Waals surface area contributed by atoms with Crippen molar-refractivity contribution in [1.29, 1.82) is 0 Å². The number of aliphatic hydroxyl groups excluding tert-OH is 2. The van der Waals surface area contributed by atoms with E-state index in [4.69, 9.17) is 19.5 Å². The highest BCUT2D eigenvalue weighted by atomic mass is 32.2. The van der Waals surface area contributed by atoms with Crippen LogP contribution in [0.1, 0.15) is 13.3 Å². The van der Waals surface area contributed by atoms with Crippen LogP contribution in [0.3, 0.4) is 0 Å². The van der Waals surface area contributed by atoms with Gasteiger partial charge in [0, 0.05) is 11.5 Å². The Hall–Kier alpha value is -0.350. The molecule has 7 nitrogen and oxygen atoms in total. The van der Waals surface area contributed by atoms with Crippen LogP contribution in [0.5, 0.6) is 0 Å². The zero-order valence-electron chi connectivity index (χ0n) is 10.7. The Bertz CT molecular complexity index is 355. The summed E-state index contributed by atoms with van der Waals surface area (Å²) in [5.41, 5.74) is 0. The highest BCUT2D eigenvalue weighted by molar-refractivity contribution is 7.99. The minimum absolute atomic E-state index is 0.0493. The lowest BCUT2D eigenvalue weighted by atomic mass is 10.2. The van der Waals surface area contributed by atoms with E-state index in [2.05, 4.69) is 0 Å². The van der Waals surface area contributed by atoms with Crippen LogP contribution in [-0.2, 0) is 19.6 Å². The Morgan fingerprint density at radius 1 is 1.37 bits per heavy atom. The predicted molar refractivity (Wildman–Crippen MR) is 71.6 cm³/mol. The first-order chi connectivity index (χ1) is 8.76. The number of ether oxygens (including phenoxy) is 1. The number of hydrogen-bond acceptors (Lipinski definition) is 7. The molecule has 0 bridgehead atoms. The van der Waals surface area contributed by atoms with Crippen molar-refractivity contribution in [3.63, 3.8) is 0 Å².